The number of aromatic nitrogens is 3. The Kier molecular flexibility index (Phi) is 3.22. The molecular weight excluding hydrogens is 272 g/mol. The average molecular weight is 281 g/mol. The van der Waals surface area contributed by atoms with Gasteiger partial charge in [-0.3, -0.25) is 4.79 Å². The first-order valence-corrected chi connectivity index (χ1v) is 5.55. The summed E-state index contributed by atoms with van der Waals surface area (Å²) in [5.74, 6) is -1.85. The number of carbonyl (C=O) groups excluding carboxylic acids is 1. The first kappa shape index (κ1) is 13.0. The minimum Gasteiger partial charge on any atom is -0.478 e. The van der Waals surface area contributed by atoms with Gasteiger partial charge in [0.2, 0.25) is 0 Å². The van der Waals surface area contributed by atoms with Gasteiger partial charge in [0.15, 0.2) is 5.69 Å². The molecule has 0 radical (unpaired) electrons. The maximum Gasteiger partial charge on any atom is 0.337 e. The molecule has 2 rings (SSSR count). The molecule has 0 fully saturated rings. The Balaban J connectivity index is 2.57. The van der Waals surface area contributed by atoms with Gasteiger partial charge in [-0.05, 0) is 25.1 Å². The lowest BCUT2D eigenvalue weighted by Crippen LogP contribution is -2.13. The van der Waals surface area contributed by atoms with Crippen LogP contribution in [0.1, 0.15) is 26.5 Å². The van der Waals surface area contributed by atoms with Gasteiger partial charge in [-0.2, -0.15) is 0 Å². The van der Waals surface area contributed by atoms with E-state index >= 15 is 0 Å². The third kappa shape index (κ3) is 2.27. The number of aromatic carboxylic acids is 1. The number of nitrogens with two attached hydrogens (primary N) is 1. The lowest BCUT2D eigenvalue weighted by molar-refractivity contribution is 0.0696. The summed E-state index contributed by atoms with van der Waals surface area (Å²) in [6, 6.07) is 4.35. The van der Waals surface area contributed by atoms with Crippen molar-refractivity contribution in [1.29, 1.82) is 0 Å². The minimum atomic E-state index is -1.15. The van der Waals surface area contributed by atoms with Crippen LogP contribution < -0.4 is 5.73 Å². The summed E-state index contributed by atoms with van der Waals surface area (Å²) < 4.78 is 1.32. The zero-order chi connectivity index (χ0) is 14.2. The van der Waals surface area contributed by atoms with Gasteiger partial charge in [-0.1, -0.05) is 16.8 Å². The van der Waals surface area contributed by atoms with Gasteiger partial charge in [0.25, 0.3) is 5.91 Å². The smallest absolute Gasteiger partial charge is 0.337 e. The molecule has 1 aromatic carbocycles. The molecule has 0 aliphatic heterocycles. The van der Waals surface area contributed by atoms with Gasteiger partial charge in [0.05, 0.1) is 22.0 Å². The van der Waals surface area contributed by atoms with Gasteiger partial charge in [0, 0.05) is 0 Å². The maximum absolute atomic E-state index is 11.1. The minimum absolute atomic E-state index is 0.0341. The van der Waals surface area contributed by atoms with E-state index in [4.69, 9.17) is 22.4 Å². The highest BCUT2D eigenvalue weighted by molar-refractivity contribution is 6.33. The fourth-order valence-corrected chi connectivity index (χ4v) is 1.81. The van der Waals surface area contributed by atoms with Crippen molar-refractivity contribution in [2.75, 3.05) is 0 Å². The van der Waals surface area contributed by atoms with E-state index in [0.717, 1.165) is 0 Å². The van der Waals surface area contributed by atoms with E-state index in [1.165, 1.54) is 16.8 Å². The Labute approximate surface area is 112 Å². The first-order chi connectivity index (χ1) is 8.91. The quantitative estimate of drug-likeness (QED) is 0.872. The molecule has 0 aliphatic carbocycles. The molecule has 19 heavy (non-hydrogen) atoms. The molecule has 0 atom stereocenters. The zero-order valence-corrected chi connectivity index (χ0v) is 10.5. The molecule has 0 aliphatic rings. The summed E-state index contributed by atoms with van der Waals surface area (Å²) in [6.07, 6.45) is 0. The largest absolute Gasteiger partial charge is 0.478 e. The standard InChI is InChI=1S/C11H9ClN4O3/c1-5-9(10(13)17)14-15-16(5)6-2-3-8(12)7(4-6)11(18)19/h2-4H,1H3,(H2,13,17)(H,18,19). The number of carboxylic acid groups (broad SMARTS) is 1. The number of carbonyl (C=O) groups is 2. The van der Waals surface area contributed by atoms with E-state index < -0.39 is 11.9 Å². The summed E-state index contributed by atoms with van der Waals surface area (Å²) in [7, 11) is 0. The molecule has 3 N–H and O–H groups in total. The van der Waals surface area contributed by atoms with Crippen molar-refractivity contribution in [3.05, 3.63) is 40.2 Å². The SMILES string of the molecule is Cc1c(C(N)=O)nnn1-c1ccc(Cl)c(C(=O)O)c1. The summed E-state index contributed by atoms with van der Waals surface area (Å²) in [4.78, 5) is 22.1. The molecule has 0 spiro atoms. The number of hydrogen-bond donors (Lipinski definition) is 2. The molecule has 8 heteroatoms. The fourth-order valence-electron chi connectivity index (χ4n) is 1.61. The van der Waals surface area contributed by atoms with Crippen LogP contribution in [0.5, 0.6) is 0 Å². The highest BCUT2D eigenvalue weighted by Crippen LogP contribution is 2.21. The lowest BCUT2D eigenvalue weighted by Gasteiger charge is -2.05. The Bertz CT molecular complexity index is 681. The Morgan fingerprint density at radius 1 is 1.42 bits per heavy atom. The van der Waals surface area contributed by atoms with Crippen molar-refractivity contribution < 1.29 is 14.7 Å². The predicted octanol–water partition coefficient (Wildman–Crippen LogP) is 1.03. The molecule has 2 aromatic rings. The van der Waals surface area contributed by atoms with Crippen LogP contribution in [-0.4, -0.2) is 32.0 Å². The van der Waals surface area contributed by atoms with Crippen LogP contribution >= 0.6 is 11.6 Å². The summed E-state index contributed by atoms with van der Waals surface area (Å²) in [5.41, 5.74) is 5.96. The number of carboxylic acids is 1. The van der Waals surface area contributed by atoms with E-state index in [-0.39, 0.29) is 16.3 Å². The van der Waals surface area contributed by atoms with Crippen LogP contribution in [0.25, 0.3) is 5.69 Å². The van der Waals surface area contributed by atoms with E-state index in [2.05, 4.69) is 10.3 Å². The van der Waals surface area contributed by atoms with Crippen LogP contribution in [0.3, 0.4) is 0 Å². The molecule has 0 saturated heterocycles. The molecule has 1 heterocycles. The van der Waals surface area contributed by atoms with Crippen LogP contribution in [0.2, 0.25) is 5.02 Å². The zero-order valence-electron chi connectivity index (χ0n) is 9.79. The second-order valence-corrected chi connectivity index (χ2v) is 4.18. The van der Waals surface area contributed by atoms with Crippen LogP contribution in [0, 0.1) is 6.92 Å². The summed E-state index contributed by atoms with van der Waals surface area (Å²) >= 11 is 5.77. The van der Waals surface area contributed by atoms with Crippen molar-refractivity contribution in [2.24, 2.45) is 5.73 Å². The third-order valence-corrected chi connectivity index (χ3v) is 2.88. The molecule has 7 nitrogen and oxygen atoms in total. The number of primary amides is 1. The number of rotatable bonds is 3. The number of nitrogens with zero attached hydrogens (tertiary/aromatic N) is 3. The number of hydrogen-bond acceptors (Lipinski definition) is 4. The molecular formula is C11H9ClN4O3. The highest BCUT2D eigenvalue weighted by Gasteiger charge is 2.16. The van der Waals surface area contributed by atoms with E-state index in [0.29, 0.717) is 11.4 Å². The van der Waals surface area contributed by atoms with E-state index in [1.54, 1.807) is 13.0 Å². The van der Waals surface area contributed by atoms with Gasteiger partial charge in [0.1, 0.15) is 0 Å². The Hall–Kier alpha value is -2.41. The number of halogens is 1. The average Bonchev–Trinajstić information content (AvgIpc) is 2.71. The van der Waals surface area contributed by atoms with Crippen molar-refractivity contribution in [3.63, 3.8) is 0 Å². The second-order valence-electron chi connectivity index (χ2n) is 3.77. The third-order valence-electron chi connectivity index (χ3n) is 2.55. The maximum atomic E-state index is 11.1. The monoisotopic (exact) mass is 280 g/mol. The van der Waals surface area contributed by atoms with Crippen molar-refractivity contribution in [3.8, 4) is 5.69 Å². The first-order valence-electron chi connectivity index (χ1n) is 5.17. The normalized spacial score (nSPS) is 10.4. The Morgan fingerprint density at radius 3 is 2.63 bits per heavy atom. The van der Waals surface area contributed by atoms with Crippen LogP contribution in [0.15, 0.2) is 18.2 Å². The van der Waals surface area contributed by atoms with E-state index in [9.17, 15) is 9.59 Å². The van der Waals surface area contributed by atoms with Crippen LogP contribution in [0.4, 0.5) is 0 Å². The fraction of sp³-hybridized carbons (Fsp3) is 0.0909. The Morgan fingerprint density at radius 2 is 2.11 bits per heavy atom. The number of benzene rings is 1. The van der Waals surface area contributed by atoms with Crippen molar-refractivity contribution in [1.82, 2.24) is 15.0 Å². The van der Waals surface area contributed by atoms with Crippen LogP contribution in [-0.2, 0) is 0 Å². The molecule has 0 saturated carbocycles. The summed E-state index contributed by atoms with van der Waals surface area (Å²) in [6.45, 7) is 1.61. The lowest BCUT2D eigenvalue weighted by atomic mass is 10.2. The van der Waals surface area contributed by atoms with Gasteiger partial charge >= 0.3 is 5.97 Å². The number of amides is 1. The predicted molar refractivity (Wildman–Crippen MR) is 66.6 cm³/mol. The molecule has 98 valence electrons. The van der Waals surface area contributed by atoms with Gasteiger partial charge in [-0.15, -0.1) is 5.10 Å². The van der Waals surface area contributed by atoms with Crippen molar-refractivity contribution >= 4 is 23.5 Å². The molecule has 1 aromatic heterocycles. The van der Waals surface area contributed by atoms with E-state index in [1.807, 2.05) is 0 Å². The molecule has 0 unspecified atom stereocenters. The molecule has 0 bridgehead atoms. The molecule has 1 amide bonds. The van der Waals surface area contributed by atoms with Crippen molar-refractivity contribution in [2.45, 2.75) is 6.92 Å². The van der Waals surface area contributed by atoms with Gasteiger partial charge < -0.3 is 10.8 Å². The second kappa shape index (κ2) is 4.69. The van der Waals surface area contributed by atoms with Gasteiger partial charge in [-0.25, -0.2) is 9.48 Å². The highest BCUT2D eigenvalue weighted by atomic mass is 35.5. The topological polar surface area (TPSA) is 111 Å². The summed E-state index contributed by atoms with van der Waals surface area (Å²) in [5, 5.41) is 16.5.